The first kappa shape index (κ1) is 13.8. The number of carbonyl (C=O) groups is 3. The number of aldehydes is 1. The van der Waals surface area contributed by atoms with E-state index in [1.807, 2.05) is 0 Å². The molecule has 1 saturated heterocycles. The van der Waals surface area contributed by atoms with Crippen molar-refractivity contribution in [3.8, 4) is 0 Å². The molecule has 2 aliphatic rings. The third-order valence-electron chi connectivity index (χ3n) is 4.13. The molecule has 6 nitrogen and oxygen atoms in total. The van der Waals surface area contributed by atoms with Gasteiger partial charge in [0, 0.05) is 6.42 Å². The highest BCUT2D eigenvalue weighted by atomic mass is 16.7. The summed E-state index contributed by atoms with van der Waals surface area (Å²) in [5.41, 5.74) is -0.548. The molecule has 0 unspecified atom stereocenters. The lowest BCUT2D eigenvalue weighted by molar-refractivity contribution is -0.133. The van der Waals surface area contributed by atoms with Crippen LogP contribution in [0.1, 0.15) is 38.5 Å². The van der Waals surface area contributed by atoms with Gasteiger partial charge in [0.05, 0.1) is 18.6 Å². The van der Waals surface area contributed by atoms with Gasteiger partial charge in [-0.05, 0) is 32.1 Å². The summed E-state index contributed by atoms with van der Waals surface area (Å²) in [7, 11) is 1.24. The Balaban J connectivity index is 2.16. The van der Waals surface area contributed by atoms with Gasteiger partial charge in [-0.1, -0.05) is 0 Å². The third-order valence-corrected chi connectivity index (χ3v) is 4.13. The van der Waals surface area contributed by atoms with Crippen molar-refractivity contribution in [1.29, 1.82) is 0 Å². The van der Waals surface area contributed by atoms with Crippen molar-refractivity contribution in [2.75, 3.05) is 7.11 Å². The quantitative estimate of drug-likeness (QED) is 0.601. The topological polar surface area (TPSA) is 81.7 Å². The molecule has 0 aromatic carbocycles. The van der Waals surface area contributed by atoms with Gasteiger partial charge in [-0.3, -0.25) is 4.79 Å². The molecule has 1 N–H and O–H groups in total. The number of methoxy groups -OCH3 is 1. The number of hydrogen-bond acceptors (Lipinski definition) is 5. The fourth-order valence-electron chi connectivity index (χ4n) is 3.25. The zero-order valence-electron chi connectivity index (χ0n) is 11.0. The molecule has 0 aromatic heterocycles. The van der Waals surface area contributed by atoms with Crippen LogP contribution in [0.5, 0.6) is 0 Å². The summed E-state index contributed by atoms with van der Waals surface area (Å²) in [5.74, 6) is -0.526. The molecule has 0 radical (unpaired) electrons. The summed E-state index contributed by atoms with van der Waals surface area (Å²) >= 11 is 0. The average molecular weight is 269 g/mol. The van der Waals surface area contributed by atoms with E-state index in [0.29, 0.717) is 12.8 Å². The van der Waals surface area contributed by atoms with Crippen LogP contribution in [0.2, 0.25) is 0 Å². The van der Waals surface area contributed by atoms with E-state index < -0.39 is 23.7 Å². The summed E-state index contributed by atoms with van der Waals surface area (Å²) in [4.78, 5) is 34.3. The summed E-state index contributed by atoms with van der Waals surface area (Å²) < 4.78 is 9.64. The molecule has 1 aliphatic carbocycles. The molecule has 0 aromatic rings. The minimum atomic E-state index is -0.781. The molecule has 0 bridgehead atoms. The van der Waals surface area contributed by atoms with Gasteiger partial charge in [-0.25, -0.2) is 4.79 Å². The Labute approximate surface area is 111 Å². The highest BCUT2D eigenvalue weighted by molar-refractivity contribution is 5.78. The number of nitrogens with one attached hydrogen (secondary N) is 1. The zero-order valence-corrected chi connectivity index (χ0v) is 11.0. The van der Waals surface area contributed by atoms with E-state index in [2.05, 4.69) is 10.1 Å². The van der Waals surface area contributed by atoms with E-state index in [9.17, 15) is 14.4 Å². The fraction of sp³-hybridized carbons (Fsp3) is 0.769. The number of amides is 1. The highest BCUT2D eigenvalue weighted by Gasteiger charge is 2.49. The Hall–Kier alpha value is -1.59. The lowest BCUT2D eigenvalue weighted by Gasteiger charge is -2.47. The van der Waals surface area contributed by atoms with Gasteiger partial charge < -0.3 is 19.6 Å². The average Bonchev–Trinajstić information content (AvgIpc) is 2.38. The van der Waals surface area contributed by atoms with Crippen molar-refractivity contribution in [1.82, 2.24) is 5.32 Å². The van der Waals surface area contributed by atoms with E-state index in [-0.39, 0.29) is 5.91 Å². The molecule has 1 spiro atoms. The van der Waals surface area contributed by atoms with Gasteiger partial charge in [-0.2, -0.15) is 0 Å². The molecule has 3 atom stereocenters. The van der Waals surface area contributed by atoms with Crippen LogP contribution in [0.3, 0.4) is 0 Å². The number of ether oxygens (including phenoxy) is 2. The van der Waals surface area contributed by atoms with E-state index in [1.165, 1.54) is 7.11 Å². The smallest absolute Gasteiger partial charge is 0.438 e. The monoisotopic (exact) mass is 269 g/mol. The Morgan fingerprint density at radius 3 is 2.79 bits per heavy atom. The van der Waals surface area contributed by atoms with Gasteiger partial charge in [-0.15, -0.1) is 0 Å². The van der Waals surface area contributed by atoms with Crippen LogP contribution in [-0.4, -0.2) is 37.1 Å². The number of rotatable bonds is 2. The Kier molecular flexibility index (Phi) is 4.07. The molecule has 106 valence electrons. The summed E-state index contributed by atoms with van der Waals surface area (Å²) in [6.07, 6.45) is 3.71. The van der Waals surface area contributed by atoms with Crippen molar-refractivity contribution >= 4 is 18.3 Å². The second-order valence-electron chi connectivity index (χ2n) is 5.22. The minimum Gasteiger partial charge on any atom is -0.438 e. The van der Waals surface area contributed by atoms with Gasteiger partial charge in [0.1, 0.15) is 12.4 Å². The molecule has 1 aliphatic heterocycles. The Bertz CT molecular complexity index is 379. The van der Waals surface area contributed by atoms with Gasteiger partial charge >= 0.3 is 6.16 Å². The molecule has 1 amide bonds. The van der Waals surface area contributed by atoms with Gasteiger partial charge in [0.25, 0.3) is 0 Å². The van der Waals surface area contributed by atoms with Crippen molar-refractivity contribution in [2.45, 2.75) is 50.2 Å². The van der Waals surface area contributed by atoms with Crippen LogP contribution in [0.4, 0.5) is 4.79 Å². The summed E-state index contributed by atoms with van der Waals surface area (Å²) in [6, 6.07) is 0. The summed E-state index contributed by atoms with van der Waals surface area (Å²) in [6.45, 7) is 0. The predicted molar refractivity (Wildman–Crippen MR) is 65.4 cm³/mol. The predicted octanol–water partition coefficient (Wildman–Crippen LogP) is 1.18. The maximum atomic E-state index is 11.6. The van der Waals surface area contributed by atoms with E-state index >= 15 is 0 Å². The zero-order chi connectivity index (χ0) is 13.9. The van der Waals surface area contributed by atoms with Crippen LogP contribution in [0.15, 0.2) is 0 Å². The standard InChI is InChI=1S/C13H19NO5/c1-18-12(17)19-10-4-2-6-13(9(10)8-15)7-3-5-11(16)14-13/h8-10H,2-7H2,1H3,(H,14,16)/t9-,10+,13+/m1/s1. The molecule has 2 rings (SSSR count). The Morgan fingerprint density at radius 2 is 2.16 bits per heavy atom. The fourth-order valence-corrected chi connectivity index (χ4v) is 3.25. The van der Waals surface area contributed by atoms with E-state index in [1.54, 1.807) is 0 Å². The van der Waals surface area contributed by atoms with Crippen molar-refractivity contribution in [2.24, 2.45) is 5.92 Å². The van der Waals surface area contributed by atoms with Crippen molar-refractivity contribution < 1.29 is 23.9 Å². The van der Waals surface area contributed by atoms with Gasteiger partial charge in [0.2, 0.25) is 5.91 Å². The van der Waals surface area contributed by atoms with E-state index in [4.69, 9.17) is 4.74 Å². The molecule has 1 saturated carbocycles. The van der Waals surface area contributed by atoms with Crippen LogP contribution in [0, 0.1) is 5.92 Å². The molecule has 2 fully saturated rings. The normalized spacial score (nSPS) is 34.5. The van der Waals surface area contributed by atoms with Crippen molar-refractivity contribution in [3.63, 3.8) is 0 Å². The first-order chi connectivity index (χ1) is 9.11. The SMILES string of the molecule is COC(=O)O[C@H]1CCC[C@]2(CCCC(=O)N2)[C@@H]1C=O. The maximum absolute atomic E-state index is 11.6. The molecule has 1 heterocycles. The van der Waals surface area contributed by atoms with Crippen LogP contribution in [-0.2, 0) is 19.1 Å². The van der Waals surface area contributed by atoms with Crippen LogP contribution < -0.4 is 5.32 Å². The van der Waals surface area contributed by atoms with Crippen LogP contribution >= 0.6 is 0 Å². The lowest BCUT2D eigenvalue weighted by atomic mass is 9.68. The first-order valence-corrected chi connectivity index (χ1v) is 6.62. The van der Waals surface area contributed by atoms with E-state index in [0.717, 1.165) is 32.0 Å². The maximum Gasteiger partial charge on any atom is 0.508 e. The largest absolute Gasteiger partial charge is 0.508 e. The van der Waals surface area contributed by atoms with Crippen molar-refractivity contribution in [3.05, 3.63) is 0 Å². The number of carbonyl (C=O) groups excluding carboxylic acids is 3. The second kappa shape index (κ2) is 5.59. The summed E-state index contributed by atoms with van der Waals surface area (Å²) in [5, 5.41) is 2.95. The van der Waals surface area contributed by atoms with Gasteiger partial charge in [0.15, 0.2) is 0 Å². The molecular weight excluding hydrogens is 250 g/mol. The lowest BCUT2D eigenvalue weighted by Crippen LogP contribution is -2.62. The highest BCUT2D eigenvalue weighted by Crippen LogP contribution is 2.40. The minimum absolute atomic E-state index is 0.0307. The molecular formula is C13H19NO5. The number of piperidine rings is 1. The van der Waals surface area contributed by atoms with Crippen LogP contribution in [0.25, 0.3) is 0 Å². The molecule has 6 heteroatoms. The second-order valence-corrected chi connectivity index (χ2v) is 5.22. The Morgan fingerprint density at radius 1 is 1.42 bits per heavy atom. The number of hydrogen-bond donors (Lipinski definition) is 1. The first-order valence-electron chi connectivity index (χ1n) is 6.62. The molecule has 19 heavy (non-hydrogen) atoms. The third kappa shape index (κ3) is 2.72.